The number of aromatic nitrogens is 1. The standard InChI is InChI=1S/C29H27N3O3/c1-35-27-13-9-24(10-14-27)21-32(29(34)25-5-3-2-4-6-25)26-11-7-22(8-12-26)19-28(33)31-20-23-15-17-30-18-16-23/h2-18H,19-21H2,1H3,(H,31,33). The molecule has 0 unspecified atom stereocenters. The Kier molecular flexibility index (Phi) is 7.86. The van der Waals surface area contributed by atoms with Gasteiger partial charge in [-0.1, -0.05) is 42.5 Å². The first-order valence-corrected chi connectivity index (χ1v) is 11.4. The van der Waals surface area contributed by atoms with Crippen LogP contribution in [0.4, 0.5) is 5.69 Å². The van der Waals surface area contributed by atoms with Crippen LogP contribution in [0.3, 0.4) is 0 Å². The van der Waals surface area contributed by atoms with E-state index in [0.29, 0.717) is 18.7 Å². The van der Waals surface area contributed by atoms with E-state index in [2.05, 4.69) is 10.3 Å². The number of hydrogen-bond donors (Lipinski definition) is 1. The second kappa shape index (κ2) is 11.6. The summed E-state index contributed by atoms with van der Waals surface area (Å²) in [4.78, 5) is 31.5. The lowest BCUT2D eigenvalue weighted by Gasteiger charge is -2.23. The highest BCUT2D eigenvalue weighted by Crippen LogP contribution is 2.22. The van der Waals surface area contributed by atoms with E-state index in [9.17, 15) is 9.59 Å². The first kappa shape index (κ1) is 23.7. The third-order valence-corrected chi connectivity index (χ3v) is 5.62. The summed E-state index contributed by atoms with van der Waals surface area (Å²) in [6, 6.07) is 28.2. The number of carbonyl (C=O) groups excluding carboxylic acids is 2. The predicted molar refractivity (Wildman–Crippen MR) is 136 cm³/mol. The van der Waals surface area contributed by atoms with E-state index in [1.54, 1.807) is 24.4 Å². The van der Waals surface area contributed by atoms with Gasteiger partial charge in [0.25, 0.3) is 5.91 Å². The number of pyridine rings is 1. The minimum Gasteiger partial charge on any atom is -0.497 e. The van der Waals surface area contributed by atoms with E-state index in [1.165, 1.54) is 0 Å². The molecule has 1 N–H and O–H groups in total. The molecule has 4 rings (SSSR count). The van der Waals surface area contributed by atoms with E-state index in [0.717, 1.165) is 28.1 Å². The zero-order chi connectivity index (χ0) is 24.5. The Labute approximate surface area is 205 Å². The molecule has 0 saturated carbocycles. The molecule has 6 heteroatoms. The van der Waals surface area contributed by atoms with Gasteiger partial charge < -0.3 is 15.0 Å². The fourth-order valence-corrected chi connectivity index (χ4v) is 3.67. The van der Waals surface area contributed by atoms with Crippen LogP contribution in [-0.2, 0) is 24.3 Å². The third-order valence-electron chi connectivity index (χ3n) is 5.62. The van der Waals surface area contributed by atoms with Crippen LogP contribution in [0.1, 0.15) is 27.0 Å². The largest absolute Gasteiger partial charge is 0.497 e. The summed E-state index contributed by atoms with van der Waals surface area (Å²) in [5.74, 6) is 0.607. The molecule has 0 aliphatic rings. The number of nitrogens with zero attached hydrogens (tertiary/aromatic N) is 2. The highest BCUT2D eigenvalue weighted by Gasteiger charge is 2.18. The van der Waals surface area contributed by atoms with Gasteiger partial charge in [0.1, 0.15) is 5.75 Å². The second-order valence-electron chi connectivity index (χ2n) is 8.08. The molecule has 2 amide bonds. The highest BCUT2D eigenvalue weighted by molar-refractivity contribution is 6.06. The lowest BCUT2D eigenvalue weighted by atomic mass is 10.1. The molecule has 0 radical (unpaired) electrons. The molecule has 3 aromatic carbocycles. The van der Waals surface area contributed by atoms with Crippen molar-refractivity contribution in [2.24, 2.45) is 0 Å². The Morgan fingerprint density at radius 3 is 2.11 bits per heavy atom. The minimum atomic E-state index is -0.0933. The van der Waals surface area contributed by atoms with Crippen LogP contribution < -0.4 is 15.0 Å². The van der Waals surface area contributed by atoms with Crippen LogP contribution in [0.2, 0.25) is 0 Å². The molecule has 0 bridgehead atoms. The van der Waals surface area contributed by atoms with Gasteiger partial charge in [0.15, 0.2) is 0 Å². The van der Waals surface area contributed by atoms with Gasteiger partial charge in [0, 0.05) is 30.2 Å². The van der Waals surface area contributed by atoms with E-state index in [-0.39, 0.29) is 18.2 Å². The van der Waals surface area contributed by atoms with Gasteiger partial charge in [-0.2, -0.15) is 0 Å². The van der Waals surface area contributed by atoms with E-state index in [1.807, 2.05) is 91.0 Å². The molecule has 0 saturated heterocycles. The van der Waals surface area contributed by atoms with Crippen molar-refractivity contribution in [1.82, 2.24) is 10.3 Å². The van der Waals surface area contributed by atoms with Crippen LogP contribution in [0.5, 0.6) is 5.75 Å². The Hall–Kier alpha value is -4.45. The molecule has 176 valence electrons. The molecular weight excluding hydrogens is 438 g/mol. The average Bonchev–Trinajstić information content (AvgIpc) is 2.92. The molecule has 0 atom stereocenters. The topological polar surface area (TPSA) is 71.5 Å². The monoisotopic (exact) mass is 465 g/mol. The van der Waals surface area contributed by atoms with Gasteiger partial charge in [0.2, 0.25) is 5.91 Å². The molecule has 0 aliphatic carbocycles. The number of rotatable bonds is 9. The highest BCUT2D eigenvalue weighted by atomic mass is 16.5. The molecule has 0 spiro atoms. The lowest BCUT2D eigenvalue weighted by Crippen LogP contribution is -2.30. The maximum absolute atomic E-state index is 13.4. The number of nitrogens with one attached hydrogen (secondary N) is 1. The average molecular weight is 466 g/mol. The first-order chi connectivity index (χ1) is 17.1. The van der Waals surface area contributed by atoms with Gasteiger partial charge in [0.05, 0.1) is 20.1 Å². The fraction of sp³-hybridized carbons (Fsp3) is 0.138. The van der Waals surface area contributed by atoms with Gasteiger partial charge in [-0.3, -0.25) is 14.6 Å². The van der Waals surface area contributed by atoms with Crippen LogP contribution >= 0.6 is 0 Å². The SMILES string of the molecule is COc1ccc(CN(C(=O)c2ccccc2)c2ccc(CC(=O)NCc3ccncc3)cc2)cc1. The molecule has 6 nitrogen and oxygen atoms in total. The normalized spacial score (nSPS) is 10.4. The fourth-order valence-electron chi connectivity index (χ4n) is 3.67. The number of methoxy groups -OCH3 is 1. The quantitative estimate of drug-likeness (QED) is 0.386. The summed E-state index contributed by atoms with van der Waals surface area (Å²) in [6.07, 6.45) is 3.67. The van der Waals surface area contributed by atoms with Crippen LogP contribution in [0.25, 0.3) is 0 Å². The maximum Gasteiger partial charge on any atom is 0.258 e. The Bertz CT molecular complexity index is 1240. The Morgan fingerprint density at radius 2 is 1.46 bits per heavy atom. The number of anilines is 1. The molecule has 1 aromatic heterocycles. The maximum atomic E-state index is 13.4. The molecule has 35 heavy (non-hydrogen) atoms. The van der Waals surface area contributed by atoms with Crippen LogP contribution in [0, 0.1) is 0 Å². The zero-order valence-electron chi connectivity index (χ0n) is 19.6. The number of benzene rings is 3. The predicted octanol–water partition coefficient (Wildman–Crippen LogP) is 4.80. The smallest absolute Gasteiger partial charge is 0.258 e. The van der Waals surface area contributed by atoms with Crippen LogP contribution in [-0.4, -0.2) is 23.9 Å². The summed E-state index contributed by atoms with van der Waals surface area (Å²) in [7, 11) is 1.63. The third kappa shape index (κ3) is 6.54. The van der Waals surface area contributed by atoms with Crippen molar-refractivity contribution < 1.29 is 14.3 Å². The Balaban J connectivity index is 1.48. The second-order valence-corrected chi connectivity index (χ2v) is 8.08. The van der Waals surface area contributed by atoms with Gasteiger partial charge in [-0.05, 0) is 65.2 Å². The molecular formula is C29H27N3O3. The minimum absolute atomic E-state index is 0.0648. The van der Waals surface area contributed by atoms with Crippen LogP contribution in [0.15, 0.2) is 103 Å². The van der Waals surface area contributed by atoms with Crippen molar-refractivity contribution in [3.8, 4) is 5.75 Å². The van der Waals surface area contributed by atoms with Crippen molar-refractivity contribution in [2.45, 2.75) is 19.5 Å². The van der Waals surface area contributed by atoms with E-state index in [4.69, 9.17) is 4.74 Å². The van der Waals surface area contributed by atoms with Crippen molar-refractivity contribution in [1.29, 1.82) is 0 Å². The molecule has 0 aliphatic heterocycles. The van der Waals surface area contributed by atoms with E-state index < -0.39 is 0 Å². The van der Waals surface area contributed by atoms with Crippen molar-refractivity contribution in [3.05, 3.63) is 126 Å². The summed E-state index contributed by atoms with van der Waals surface area (Å²) in [5, 5.41) is 2.93. The van der Waals surface area contributed by atoms with Gasteiger partial charge >= 0.3 is 0 Å². The summed E-state index contributed by atoms with van der Waals surface area (Å²) < 4.78 is 5.25. The summed E-state index contributed by atoms with van der Waals surface area (Å²) >= 11 is 0. The van der Waals surface area contributed by atoms with Gasteiger partial charge in [-0.15, -0.1) is 0 Å². The molecule has 0 fully saturated rings. The van der Waals surface area contributed by atoms with E-state index >= 15 is 0 Å². The van der Waals surface area contributed by atoms with Crippen molar-refractivity contribution in [3.63, 3.8) is 0 Å². The number of ether oxygens (including phenoxy) is 1. The Morgan fingerprint density at radius 1 is 0.800 bits per heavy atom. The number of carbonyl (C=O) groups is 2. The number of amides is 2. The number of hydrogen-bond acceptors (Lipinski definition) is 4. The summed E-state index contributed by atoms with van der Waals surface area (Å²) in [6.45, 7) is 0.865. The van der Waals surface area contributed by atoms with Gasteiger partial charge in [-0.25, -0.2) is 0 Å². The molecule has 4 aromatic rings. The molecule has 1 heterocycles. The first-order valence-electron chi connectivity index (χ1n) is 11.4. The van der Waals surface area contributed by atoms with Crippen molar-refractivity contribution >= 4 is 17.5 Å². The lowest BCUT2D eigenvalue weighted by molar-refractivity contribution is -0.120. The zero-order valence-corrected chi connectivity index (χ0v) is 19.6. The summed E-state index contributed by atoms with van der Waals surface area (Å²) in [5.41, 5.74) is 4.22. The van der Waals surface area contributed by atoms with Crippen molar-refractivity contribution in [2.75, 3.05) is 12.0 Å².